The Morgan fingerprint density at radius 1 is 1.53 bits per heavy atom. The van der Waals surface area contributed by atoms with Gasteiger partial charge in [0.15, 0.2) is 9.84 Å². The molecule has 1 heterocycles. The van der Waals surface area contributed by atoms with E-state index in [0.29, 0.717) is 5.56 Å². The predicted molar refractivity (Wildman–Crippen MR) is 70.4 cm³/mol. The number of halogens is 2. The third-order valence-corrected chi connectivity index (χ3v) is 5.73. The number of nitrogens with zero attached hydrogens (tertiary/aromatic N) is 1. The minimum absolute atomic E-state index is 0.0853. The lowest BCUT2D eigenvalue weighted by atomic mass is 9.80. The standard InChI is InChI=1S/C12H11BrFNO3S/c13-9-5-8(1-2-10(9)14)11(16)12(6-15)3-4-19(17,18)7-12/h1-2,5,11,16H,3-4,7H2. The summed E-state index contributed by atoms with van der Waals surface area (Å²) >= 11 is 3.00. The van der Waals surface area contributed by atoms with Crippen LogP contribution in [0.2, 0.25) is 0 Å². The molecular weight excluding hydrogens is 337 g/mol. The van der Waals surface area contributed by atoms with Crippen molar-refractivity contribution in [3.8, 4) is 6.07 Å². The third-order valence-electron chi connectivity index (χ3n) is 3.34. The zero-order chi connectivity index (χ0) is 14.3. The van der Waals surface area contributed by atoms with Gasteiger partial charge in [0.2, 0.25) is 0 Å². The molecule has 2 rings (SSSR count). The molecule has 1 N–H and O–H groups in total. The van der Waals surface area contributed by atoms with E-state index in [1.54, 1.807) is 0 Å². The highest BCUT2D eigenvalue weighted by atomic mass is 79.9. The van der Waals surface area contributed by atoms with Crippen LogP contribution in [0, 0.1) is 22.6 Å². The van der Waals surface area contributed by atoms with E-state index in [0.717, 1.165) is 6.07 Å². The molecule has 0 saturated carbocycles. The fourth-order valence-corrected chi connectivity index (χ4v) is 4.61. The monoisotopic (exact) mass is 347 g/mol. The van der Waals surface area contributed by atoms with Gasteiger partial charge in [-0.25, -0.2) is 12.8 Å². The molecule has 1 aromatic rings. The molecule has 0 aliphatic carbocycles. The average Bonchev–Trinajstić information content (AvgIpc) is 2.69. The van der Waals surface area contributed by atoms with Crippen molar-refractivity contribution in [2.24, 2.45) is 5.41 Å². The first-order chi connectivity index (χ1) is 8.80. The molecule has 1 aliphatic rings. The maximum atomic E-state index is 13.2. The second kappa shape index (κ2) is 4.85. The maximum absolute atomic E-state index is 13.2. The Bertz CT molecular complexity index is 655. The molecule has 2 unspecified atom stereocenters. The predicted octanol–water partition coefficient (Wildman–Crippen LogP) is 1.95. The lowest BCUT2D eigenvalue weighted by Crippen LogP contribution is -2.28. The summed E-state index contributed by atoms with van der Waals surface area (Å²) in [5, 5.41) is 19.5. The molecule has 0 aromatic heterocycles. The van der Waals surface area contributed by atoms with Gasteiger partial charge in [-0.1, -0.05) is 6.07 Å². The van der Waals surface area contributed by atoms with Gasteiger partial charge in [-0.2, -0.15) is 5.26 Å². The van der Waals surface area contributed by atoms with E-state index in [4.69, 9.17) is 0 Å². The first-order valence-corrected chi connectivity index (χ1v) is 8.16. The van der Waals surface area contributed by atoms with Crippen LogP contribution in [0.25, 0.3) is 0 Å². The van der Waals surface area contributed by atoms with Gasteiger partial charge in [0, 0.05) is 0 Å². The Morgan fingerprint density at radius 2 is 2.21 bits per heavy atom. The number of hydrogen-bond donors (Lipinski definition) is 1. The highest BCUT2D eigenvalue weighted by Crippen LogP contribution is 2.43. The quantitative estimate of drug-likeness (QED) is 0.886. The number of aliphatic hydroxyl groups excluding tert-OH is 1. The van der Waals surface area contributed by atoms with Crippen molar-refractivity contribution in [2.45, 2.75) is 12.5 Å². The van der Waals surface area contributed by atoms with Crippen molar-refractivity contribution in [1.82, 2.24) is 0 Å². The Morgan fingerprint density at radius 3 is 2.68 bits per heavy atom. The van der Waals surface area contributed by atoms with Crippen LogP contribution in [-0.4, -0.2) is 25.0 Å². The van der Waals surface area contributed by atoms with E-state index < -0.39 is 27.2 Å². The summed E-state index contributed by atoms with van der Waals surface area (Å²) in [6.07, 6.45) is -1.17. The molecule has 0 bridgehead atoms. The van der Waals surface area contributed by atoms with E-state index in [-0.39, 0.29) is 22.4 Å². The Kier molecular flexibility index (Phi) is 3.69. The second-order valence-electron chi connectivity index (χ2n) is 4.69. The normalized spacial score (nSPS) is 26.8. The number of aliphatic hydroxyl groups is 1. The molecule has 1 aromatic carbocycles. The second-order valence-corrected chi connectivity index (χ2v) is 7.72. The number of hydrogen-bond acceptors (Lipinski definition) is 4. The molecule has 1 aliphatic heterocycles. The van der Waals surface area contributed by atoms with Gasteiger partial charge in [0.25, 0.3) is 0 Å². The fourth-order valence-electron chi connectivity index (χ4n) is 2.24. The number of rotatable bonds is 2. The molecule has 1 fully saturated rings. The number of sulfone groups is 1. The Labute approximate surface area is 118 Å². The van der Waals surface area contributed by atoms with E-state index in [1.165, 1.54) is 12.1 Å². The Balaban J connectivity index is 2.40. The summed E-state index contributed by atoms with van der Waals surface area (Å²) in [5.74, 6) is -0.965. The molecule has 102 valence electrons. The summed E-state index contributed by atoms with van der Waals surface area (Å²) in [6, 6.07) is 5.81. The minimum Gasteiger partial charge on any atom is -0.387 e. The SMILES string of the molecule is N#CC1(C(O)c2ccc(F)c(Br)c2)CCS(=O)(=O)C1. The van der Waals surface area contributed by atoms with Gasteiger partial charge in [0.1, 0.15) is 11.2 Å². The van der Waals surface area contributed by atoms with Gasteiger partial charge < -0.3 is 5.11 Å². The lowest BCUT2D eigenvalue weighted by Gasteiger charge is -2.26. The van der Waals surface area contributed by atoms with Crippen LogP contribution in [0.3, 0.4) is 0 Å². The summed E-state index contributed by atoms with van der Waals surface area (Å²) in [7, 11) is -3.31. The van der Waals surface area contributed by atoms with Crippen molar-refractivity contribution in [1.29, 1.82) is 5.26 Å². The van der Waals surface area contributed by atoms with Gasteiger partial charge in [-0.3, -0.25) is 0 Å². The average molecular weight is 348 g/mol. The molecule has 19 heavy (non-hydrogen) atoms. The first kappa shape index (κ1) is 14.4. The Hall–Kier alpha value is -0.970. The van der Waals surface area contributed by atoms with Gasteiger partial charge >= 0.3 is 0 Å². The summed E-state index contributed by atoms with van der Waals surface area (Å²) in [6.45, 7) is 0. The van der Waals surface area contributed by atoms with Crippen LogP contribution in [-0.2, 0) is 9.84 Å². The molecular formula is C12H11BrFNO3S. The van der Waals surface area contributed by atoms with Crippen LogP contribution in [0.15, 0.2) is 22.7 Å². The topological polar surface area (TPSA) is 78.2 Å². The number of nitriles is 1. The van der Waals surface area contributed by atoms with Gasteiger partial charge in [-0.05, 0) is 40.0 Å². The zero-order valence-corrected chi connectivity index (χ0v) is 12.2. The maximum Gasteiger partial charge on any atom is 0.152 e. The zero-order valence-electron chi connectivity index (χ0n) is 9.81. The third kappa shape index (κ3) is 2.66. The lowest BCUT2D eigenvalue weighted by molar-refractivity contribution is 0.0792. The van der Waals surface area contributed by atoms with Crippen molar-refractivity contribution in [3.63, 3.8) is 0 Å². The minimum atomic E-state index is -3.31. The molecule has 4 nitrogen and oxygen atoms in total. The fraction of sp³-hybridized carbons (Fsp3) is 0.417. The van der Waals surface area contributed by atoms with Crippen molar-refractivity contribution >= 4 is 25.8 Å². The summed E-state index contributed by atoms with van der Waals surface area (Å²) in [5.41, 5.74) is -1.03. The summed E-state index contributed by atoms with van der Waals surface area (Å²) < 4.78 is 36.4. The molecule has 0 radical (unpaired) electrons. The highest BCUT2D eigenvalue weighted by molar-refractivity contribution is 9.10. The van der Waals surface area contributed by atoms with Crippen molar-refractivity contribution in [2.75, 3.05) is 11.5 Å². The van der Waals surface area contributed by atoms with Gasteiger partial charge in [-0.15, -0.1) is 0 Å². The van der Waals surface area contributed by atoms with Crippen LogP contribution >= 0.6 is 15.9 Å². The van der Waals surface area contributed by atoms with E-state index in [1.807, 2.05) is 6.07 Å². The van der Waals surface area contributed by atoms with Crippen molar-refractivity contribution < 1.29 is 17.9 Å². The molecule has 0 spiro atoms. The first-order valence-electron chi connectivity index (χ1n) is 5.54. The molecule has 7 heteroatoms. The van der Waals surface area contributed by atoms with E-state index in [2.05, 4.69) is 15.9 Å². The van der Waals surface area contributed by atoms with Crippen molar-refractivity contribution in [3.05, 3.63) is 34.1 Å². The van der Waals surface area contributed by atoms with Crippen LogP contribution in [0.5, 0.6) is 0 Å². The molecule has 2 atom stereocenters. The highest BCUT2D eigenvalue weighted by Gasteiger charge is 2.48. The van der Waals surface area contributed by atoms with Crippen LogP contribution in [0.1, 0.15) is 18.1 Å². The van der Waals surface area contributed by atoms with E-state index in [9.17, 15) is 23.2 Å². The van der Waals surface area contributed by atoms with Crippen LogP contribution in [0.4, 0.5) is 4.39 Å². The number of benzene rings is 1. The van der Waals surface area contributed by atoms with E-state index >= 15 is 0 Å². The molecule has 0 amide bonds. The molecule has 1 saturated heterocycles. The van der Waals surface area contributed by atoms with Crippen LogP contribution < -0.4 is 0 Å². The smallest absolute Gasteiger partial charge is 0.152 e. The largest absolute Gasteiger partial charge is 0.387 e. The summed E-state index contributed by atoms with van der Waals surface area (Å²) in [4.78, 5) is 0. The van der Waals surface area contributed by atoms with Gasteiger partial charge in [0.05, 0.1) is 28.2 Å².